The highest BCUT2D eigenvalue weighted by molar-refractivity contribution is 6.18. The van der Waals surface area contributed by atoms with E-state index in [0.29, 0.717) is 30.2 Å². The molecule has 19 heavy (non-hydrogen) atoms. The summed E-state index contributed by atoms with van der Waals surface area (Å²) in [5.41, 5.74) is 1.27. The first-order valence-corrected chi connectivity index (χ1v) is 6.65. The van der Waals surface area contributed by atoms with Crippen LogP contribution in [0.4, 0.5) is 5.69 Å². The molecule has 1 saturated heterocycles. The average molecular weight is 282 g/mol. The van der Waals surface area contributed by atoms with E-state index in [4.69, 9.17) is 16.3 Å². The summed E-state index contributed by atoms with van der Waals surface area (Å²) in [7, 11) is 1.51. The molecule has 1 amide bonds. The van der Waals surface area contributed by atoms with Gasteiger partial charge in [-0.1, -0.05) is 0 Å². The second-order valence-electron chi connectivity index (χ2n) is 4.67. The molecule has 0 aromatic heterocycles. The molecule has 4 nitrogen and oxygen atoms in total. The third kappa shape index (κ3) is 2.73. The molecule has 0 bridgehead atoms. The van der Waals surface area contributed by atoms with E-state index in [1.807, 2.05) is 0 Å². The van der Waals surface area contributed by atoms with Gasteiger partial charge in [0.2, 0.25) is 5.91 Å². The van der Waals surface area contributed by atoms with Crippen molar-refractivity contribution in [1.29, 1.82) is 0 Å². The molecule has 0 aliphatic carbocycles. The maximum Gasteiger partial charge on any atom is 0.227 e. The number of benzene rings is 1. The predicted octanol–water partition coefficient (Wildman–Crippen LogP) is 2.49. The molecule has 0 saturated carbocycles. The molecular weight excluding hydrogens is 266 g/mol. The van der Waals surface area contributed by atoms with Crippen molar-refractivity contribution >= 4 is 29.0 Å². The molecule has 1 aliphatic heterocycles. The van der Waals surface area contributed by atoms with Crippen molar-refractivity contribution in [2.24, 2.45) is 5.92 Å². The maximum atomic E-state index is 11.9. The SMILES string of the molecule is COc1cc(N2CC(CCl)CC2=O)ccc1C(C)=O. The lowest BCUT2D eigenvalue weighted by molar-refractivity contribution is -0.117. The summed E-state index contributed by atoms with van der Waals surface area (Å²) in [6, 6.07) is 5.19. The highest BCUT2D eigenvalue weighted by Crippen LogP contribution is 2.30. The van der Waals surface area contributed by atoms with Gasteiger partial charge in [0.25, 0.3) is 0 Å². The maximum absolute atomic E-state index is 11.9. The molecule has 2 rings (SSSR count). The molecule has 1 heterocycles. The van der Waals surface area contributed by atoms with Crippen molar-refractivity contribution in [2.45, 2.75) is 13.3 Å². The van der Waals surface area contributed by atoms with E-state index in [0.717, 1.165) is 5.69 Å². The summed E-state index contributed by atoms with van der Waals surface area (Å²) < 4.78 is 5.21. The number of hydrogen-bond donors (Lipinski definition) is 0. The molecule has 0 N–H and O–H groups in total. The van der Waals surface area contributed by atoms with Crippen LogP contribution in [0.1, 0.15) is 23.7 Å². The third-order valence-corrected chi connectivity index (χ3v) is 3.74. The van der Waals surface area contributed by atoms with Gasteiger partial charge in [-0.25, -0.2) is 0 Å². The Kier molecular flexibility index (Phi) is 4.10. The van der Waals surface area contributed by atoms with Gasteiger partial charge in [-0.2, -0.15) is 0 Å². The van der Waals surface area contributed by atoms with Crippen LogP contribution < -0.4 is 9.64 Å². The van der Waals surface area contributed by atoms with E-state index in [9.17, 15) is 9.59 Å². The Labute approximate surface area is 117 Å². The monoisotopic (exact) mass is 281 g/mol. The lowest BCUT2D eigenvalue weighted by Gasteiger charge is -2.18. The van der Waals surface area contributed by atoms with Crippen LogP contribution in [0, 0.1) is 5.92 Å². The minimum atomic E-state index is -0.0604. The fraction of sp³-hybridized carbons (Fsp3) is 0.429. The molecule has 1 unspecified atom stereocenters. The molecule has 5 heteroatoms. The van der Waals surface area contributed by atoms with Crippen LogP contribution >= 0.6 is 11.6 Å². The van der Waals surface area contributed by atoms with Gasteiger partial charge in [-0.05, 0) is 25.0 Å². The number of ether oxygens (including phenoxy) is 1. The molecule has 0 spiro atoms. The summed E-state index contributed by atoms with van der Waals surface area (Å²) in [6.45, 7) is 2.10. The number of rotatable bonds is 4. The van der Waals surface area contributed by atoms with E-state index in [1.165, 1.54) is 14.0 Å². The fourth-order valence-corrected chi connectivity index (χ4v) is 2.48. The van der Waals surface area contributed by atoms with Crippen LogP contribution in [-0.4, -0.2) is 31.2 Å². The Morgan fingerprint density at radius 1 is 1.53 bits per heavy atom. The number of ketones is 1. The van der Waals surface area contributed by atoms with Crippen LogP contribution in [-0.2, 0) is 4.79 Å². The zero-order valence-corrected chi connectivity index (χ0v) is 11.7. The van der Waals surface area contributed by atoms with E-state index < -0.39 is 0 Å². The number of halogens is 1. The molecular formula is C14H16ClNO3. The highest BCUT2D eigenvalue weighted by Gasteiger charge is 2.30. The molecule has 1 fully saturated rings. The molecule has 1 aliphatic rings. The summed E-state index contributed by atoms with van der Waals surface area (Å²) in [6.07, 6.45) is 0.472. The van der Waals surface area contributed by atoms with Gasteiger partial charge in [0.05, 0.1) is 12.7 Å². The second-order valence-corrected chi connectivity index (χ2v) is 4.98. The van der Waals surface area contributed by atoms with Gasteiger partial charge < -0.3 is 9.64 Å². The van der Waals surface area contributed by atoms with Gasteiger partial charge in [-0.15, -0.1) is 11.6 Å². The molecule has 1 atom stereocenters. The Morgan fingerprint density at radius 2 is 2.26 bits per heavy atom. The summed E-state index contributed by atoms with van der Waals surface area (Å²) in [5.74, 6) is 1.16. The second kappa shape index (κ2) is 5.61. The Hall–Kier alpha value is -1.55. The van der Waals surface area contributed by atoms with Crippen molar-refractivity contribution in [3.63, 3.8) is 0 Å². The molecule has 0 radical (unpaired) electrons. The van der Waals surface area contributed by atoms with E-state index in [-0.39, 0.29) is 17.6 Å². The normalized spacial score (nSPS) is 18.8. The lowest BCUT2D eigenvalue weighted by Crippen LogP contribution is -2.24. The van der Waals surface area contributed by atoms with Gasteiger partial charge in [0.15, 0.2) is 5.78 Å². The summed E-state index contributed by atoms with van der Waals surface area (Å²) in [4.78, 5) is 25.1. The Bertz CT molecular complexity index is 515. The van der Waals surface area contributed by atoms with Crippen molar-refractivity contribution in [1.82, 2.24) is 0 Å². The average Bonchev–Trinajstić information content (AvgIpc) is 2.79. The van der Waals surface area contributed by atoms with Crippen molar-refractivity contribution < 1.29 is 14.3 Å². The van der Waals surface area contributed by atoms with E-state index in [2.05, 4.69) is 0 Å². The number of anilines is 1. The summed E-state index contributed by atoms with van der Waals surface area (Å²) >= 11 is 5.80. The first kappa shape index (κ1) is 13.9. The van der Waals surface area contributed by atoms with Gasteiger partial charge in [0.1, 0.15) is 5.75 Å². The third-order valence-electron chi connectivity index (χ3n) is 3.30. The first-order chi connectivity index (χ1) is 9.06. The summed E-state index contributed by atoms with van der Waals surface area (Å²) in [5, 5.41) is 0. The molecule has 1 aromatic rings. The smallest absolute Gasteiger partial charge is 0.227 e. The number of carbonyl (C=O) groups excluding carboxylic acids is 2. The van der Waals surface area contributed by atoms with Crippen molar-refractivity contribution in [2.75, 3.05) is 24.4 Å². The number of nitrogens with zero attached hydrogens (tertiary/aromatic N) is 1. The fourth-order valence-electron chi connectivity index (χ4n) is 2.27. The first-order valence-electron chi connectivity index (χ1n) is 6.12. The Morgan fingerprint density at radius 3 is 2.79 bits per heavy atom. The number of alkyl halides is 1. The predicted molar refractivity (Wildman–Crippen MR) is 74.2 cm³/mol. The number of carbonyl (C=O) groups is 2. The van der Waals surface area contributed by atoms with E-state index in [1.54, 1.807) is 23.1 Å². The minimum absolute atomic E-state index is 0.0586. The number of hydrogen-bond acceptors (Lipinski definition) is 3. The number of Topliss-reactive ketones (excluding diaryl/α,β-unsaturated/α-hetero) is 1. The molecule has 1 aromatic carbocycles. The van der Waals surface area contributed by atoms with Gasteiger partial charge >= 0.3 is 0 Å². The lowest BCUT2D eigenvalue weighted by atomic mass is 10.1. The van der Waals surface area contributed by atoms with E-state index >= 15 is 0 Å². The van der Waals surface area contributed by atoms with Gasteiger partial charge in [0, 0.05) is 30.6 Å². The minimum Gasteiger partial charge on any atom is -0.496 e. The van der Waals surface area contributed by atoms with Crippen LogP contribution in [0.15, 0.2) is 18.2 Å². The zero-order chi connectivity index (χ0) is 14.0. The standard InChI is InChI=1S/C14H16ClNO3/c1-9(17)12-4-3-11(6-13(12)19-2)16-8-10(7-15)5-14(16)18/h3-4,6,10H,5,7-8H2,1-2H3. The van der Waals surface area contributed by atoms with Crippen molar-refractivity contribution in [3.05, 3.63) is 23.8 Å². The largest absolute Gasteiger partial charge is 0.496 e. The zero-order valence-electron chi connectivity index (χ0n) is 11.0. The quantitative estimate of drug-likeness (QED) is 0.629. The number of amides is 1. The Balaban J connectivity index is 2.31. The van der Waals surface area contributed by atoms with Crippen molar-refractivity contribution in [3.8, 4) is 5.75 Å². The molecule has 102 valence electrons. The van der Waals surface area contributed by atoms with Crippen LogP contribution in [0.2, 0.25) is 0 Å². The highest BCUT2D eigenvalue weighted by atomic mass is 35.5. The van der Waals surface area contributed by atoms with Crippen LogP contribution in [0.25, 0.3) is 0 Å². The topological polar surface area (TPSA) is 46.6 Å². The van der Waals surface area contributed by atoms with Gasteiger partial charge in [-0.3, -0.25) is 9.59 Å². The van der Waals surface area contributed by atoms with Crippen LogP contribution in [0.5, 0.6) is 5.75 Å². The number of methoxy groups -OCH3 is 1. The van der Waals surface area contributed by atoms with Crippen LogP contribution in [0.3, 0.4) is 0 Å².